The van der Waals surface area contributed by atoms with Crippen LogP contribution in [-0.4, -0.2) is 47.8 Å². The predicted molar refractivity (Wildman–Crippen MR) is 96.4 cm³/mol. The Labute approximate surface area is 148 Å². The average molecular weight is 348 g/mol. The van der Waals surface area contributed by atoms with Crippen LogP contribution in [0.3, 0.4) is 0 Å². The number of nitrogen functional groups attached to an aromatic ring is 1. The highest BCUT2D eigenvalue weighted by Crippen LogP contribution is 2.45. The molecule has 0 spiro atoms. The number of aromatic carboxylic acids is 1. The van der Waals surface area contributed by atoms with Crippen molar-refractivity contribution in [2.75, 3.05) is 32.0 Å². The summed E-state index contributed by atoms with van der Waals surface area (Å²) >= 11 is 0. The predicted octanol–water partition coefficient (Wildman–Crippen LogP) is 3.01. The van der Waals surface area contributed by atoms with E-state index in [1.54, 1.807) is 6.07 Å². The first-order valence-electron chi connectivity index (χ1n) is 9.14. The van der Waals surface area contributed by atoms with E-state index < -0.39 is 11.6 Å². The molecule has 0 bridgehead atoms. The van der Waals surface area contributed by atoms with Gasteiger partial charge < -0.3 is 25.2 Å². The van der Waals surface area contributed by atoms with Crippen LogP contribution < -0.4 is 15.2 Å². The van der Waals surface area contributed by atoms with E-state index in [0.717, 1.165) is 32.5 Å². The van der Waals surface area contributed by atoms with E-state index in [4.69, 9.17) is 15.2 Å². The van der Waals surface area contributed by atoms with Gasteiger partial charge in [0.1, 0.15) is 17.8 Å². The minimum absolute atomic E-state index is 0.0978. The first-order valence-corrected chi connectivity index (χ1v) is 9.14. The van der Waals surface area contributed by atoms with E-state index in [1.165, 1.54) is 18.9 Å². The molecule has 1 unspecified atom stereocenters. The number of fused-ring (bicyclic) bond motifs is 1. The number of nitrogens with two attached hydrogens (primary N) is 1. The monoisotopic (exact) mass is 348 g/mol. The van der Waals surface area contributed by atoms with Gasteiger partial charge in [-0.15, -0.1) is 0 Å². The molecule has 138 valence electrons. The summed E-state index contributed by atoms with van der Waals surface area (Å²) in [5.41, 5.74) is 6.08. The standard InChI is InChI=1S/C19H28N2O4/c1-3-4-9-21-10-7-13(8-11-21)19(2)12-24-16-14(18(22)23)5-6-15(20)17(16)25-19/h5-6,13H,3-4,7-12,20H2,1-2H3,(H,22,23). The number of benzene rings is 1. The number of hydrogen-bond donors (Lipinski definition) is 2. The minimum Gasteiger partial charge on any atom is -0.485 e. The summed E-state index contributed by atoms with van der Waals surface area (Å²) in [7, 11) is 0. The van der Waals surface area contributed by atoms with Crippen LogP contribution in [0.5, 0.6) is 11.5 Å². The van der Waals surface area contributed by atoms with Gasteiger partial charge in [0.05, 0.1) is 5.69 Å². The summed E-state index contributed by atoms with van der Waals surface area (Å²) in [6.45, 7) is 7.92. The molecule has 1 aromatic carbocycles. The fraction of sp³-hybridized carbons (Fsp3) is 0.632. The number of nitrogens with zero attached hydrogens (tertiary/aromatic N) is 1. The average Bonchev–Trinajstić information content (AvgIpc) is 2.61. The quantitative estimate of drug-likeness (QED) is 0.796. The lowest BCUT2D eigenvalue weighted by atomic mass is 9.81. The molecule has 2 aliphatic heterocycles. The van der Waals surface area contributed by atoms with E-state index in [1.807, 2.05) is 0 Å². The number of piperidine rings is 1. The second-order valence-electron chi connectivity index (χ2n) is 7.34. The molecular weight excluding hydrogens is 320 g/mol. The third kappa shape index (κ3) is 3.54. The molecule has 2 aliphatic rings. The zero-order chi connectivity index (χ0) is 18.0. The van der Waals surface area contributed by atoms with E-state index in [9.17, 15) is 9.90 Å². The summed E-state index contributed by atoms with van der Waals surface area (Å²) < 4.78 is 12.1. The number of carboxylic acids is 1. The van der Waals surface area contributed by atoms with Crippen molar-refractivity contribution in [3.63, 3.8) is 0 Å². The number of carbonyl (C=O) groups is 1. The van der Waals surface area contributed by atoms with Crippen molar-refractivity contribution in [1.29, 1.82) is 0 Å². The lowest BCUT2D eigenvalue weighted by Crippen LogP contribution is -2.52. The van der Waals surface area contributed by atoms with Crippen LogP contribution in [0.4, 0.5) is 5.69 Å². The maximum Gasteiger partial charge on any atom is 0.339 e. The topological polar surface area (TPSA) is 85.0 Å². The van der Waals surface area contributed by atoms with Crippen molar-refractivity contribution in [2.24, 2.45) is 5.92 Å². The highest BCUT2D eigenvalue weighted by molar-refractivity contribution is 5.93. The SMILES string of the molecule is CCCCN1CCC(C2(C)COc3c(C(=O)O)ccc(N)c3O2)CC1. The Morgan fingerprint density at radius 1 is 1.36 bits per heavy atom. The van der Waals surface area contributed by atoms with Crippen LogP contribution >= 0.6 is 0 Å². The molecular formula is C19H28N2O4. The Morgan fingerprint density at radius 3 is 2.72 bits per heavy atom. The van der Waals surface area contributed by atoms with E-state index in [2.05, 4.69) is 18.7 Å². The fourth-order valence-electron chi connectivity index (χ4n) is 3.82. The molecule has 3 N–H and O–H groups in total. The van der Waals surface area contributed by atoms with Gasteiger partial charge in [-0.25, -0.2) is 4.79 Å². The Balaban J connectivity index is 1.73. The molecule has 3 rings (SSSR count). The van der Waals surface area contributed by atoms with Gasteiger partial charge in [-0.05, 0) is 58.0 Å². The molecule has 0 aromatic heterocycles. The largest absolute Gasteiger partial charge is 0.485 e. The normalized spacial score (nSPS) is 24.2. The van der Waals surface area contributed by atoms with E-state index >= 15 is 0 Å². The van der Waals surface area contributed by atoms with Gasteiger partial charge in [-0.1, -0.05) is 13.3 Å². The van der Waals surface area contributed by atoms with Gasteiger partial charge in [0.25, 0.3) is 0 Å². The number of ether oxygens (including phenoxy) is 2. The Kier molecular flexibility index (Phi) is 5.08. The van der Waals surface area contributed by atoms with Crippen molar-refractivity contribution in [3.8, 4) is 11.5 Å². The number of hydrogen-bond acceptors (Lipinski definition) is 5. The molecule has 6 heteroatoms. The molecule has 2 heterocycles. The summed E-state index contributed by atoms with van der Waals surface area (Å²) in [6, 6.07) is 3.04. The van der Waals surface area contributed by atoms with Crippen LogP contribution in [0.15, 0.2) is 12.1 Å². The van der Waals surface area contributed by atoms with Crippen molar-refractivity contribution in [3.05, 3.63) is 17.7 Å². The van der Waals surface area contributed by atoms with Crippen LogP contribution in [0.1, 0.15) is 49.9 Å². The zero-order valence-corrected chi connectivity index (χ0v) is 15.1. The molecule has 1 aromatic rings. The third-order valence-electron chi connectivity index (χ3n) is 5.49. The molecule has 0 saturated carbocycles. The molecule has 1 saturated heterocycles. The minimum atomic E-state index is -1.03. The number of carboxylic acid groups (broad SMARTS) is 1. The molecule has 25 heavy (non-hydrogen) atoms. The van der Waals surface area contributed by atoms with Crippen molar-refractivity contribution in [1.82, 2.24) is 4.90 Å². The fourth-order valence-corrected chi connectivity index (χ4v) is 3.82. The molecule has 1 atom stereocenters. The Hall–Kier alpha value is -1.95. The van der Waals surface area contributed by atoms with E-state index in [0.29, 0.717) is 24.0 Å². The summed E-state index contributed by atoms with van der Waals surface area (Å²) in [5, 5.41) is 9.33. The summed E-state index contributed by atoms with van der Waals surface area (Å²) in [6.07, 6.45) is 4.56. The lowest BCUT2D eigenvalue weighted by molar-refractivity contribution is -0.0575. The number of anilines is 1. The maximum absolute atomic E-state index is 11.4. The Bertz CT molecular complexity index is 641. The van der Waals surface area contributed by atoms with Gasteiger partial charge in [0.15, 0.2) is 11.5 Å². The second-order valence-corrected chi connectivity index (χ2v) is 7.34. The second kappa shape index (κ2) is 7.12. The molecule has 6 nitrogen and oxygen atoms in total. The smallest absolute Gasteiger partial charge is 0.339 e. The van der Waals surface area contributed by atoms with Crippen LogP contribution in [0, 0.1) is 5.92 Å². The van der Waals surface area contributed by atoms with Crippen LogP contribution in [0.25, 0.3) is 0 Å². The number of rotatable bonds is 5. The van der Waals surface area contributed by atoms with Gasteiger partial charge in [0, 0.05) is 5.92 Å². The summed E-state index contributed by atoms with van der Waals surface area (Å²) in [4.78, 5) is 13.9. The molecule has 0 aliphatic carbocycles. The Morgan fingerprint density at radius 2 is 2.08 bits per heavy atom. The van der Waals surface area contributed by atoms with Crippen molar-refractivity contribution >= 4 is 11.7 Å². The molecule has 0 radical (unpaired) electrons. The van der Waals surface area contributed by atoms with Gasteiger partial charge in [-0.2, -0.15) is 0 Å². The van der Waals surface area contributed by atoms with Gasteiger partial charge >= 0.3 is 5.97 Å². The number of unbranched alkanes of at least 4 members (excludes halogenated alkanes) is 1. The van der Waals surface area contributed by atoms with Gasteiger partial charge in [-0.3, -0.25) is 0 Å². The van der Waals surface area contributed by atoms with Gasteiger partial charge in [0.2, 0.25) is 0 Å². The maximum atomic E-state index is 11.4. The summed E-state index contributed by atoms with van der Waals surface area (Å²) in [5.74, 6) is -0.0356. The van der Waals surface area contributed by atoms with Crippen LogP contribution in [0.2, 0.25) is 0 Å². The molecule has 1 fully saturated rings. The van der Waals surface area contributed by atoms with Crippen molar-refractivity contribution < 1.29 is 19.4 Å². The van der Waals surface area contributed by atoms with Crippen LogP contribution in [-0.2, 0) is 0 Å². The number of likely N-dealkylation sites (tertiary alicyclic amines) is 1. The van der Waals surface area contributed by atoms with Crippen molar-refractivity contribution in [2.45, 2.75) is 45.1 Å². The third-order valence-corrected chi connectivity index (χ3v) is 5.49. The highest BCUT2D eigenvalue weighted by atomic mass is 16.6. The first-order chi connectivity index (χ1) is 11.9. The van der Waals surface area contributed by atoms with E-state index in [-0.39, 0.29) is 11.3 Å². The zero-order valence-electron chi connectivity index (χ0n) is 15.1. The first kappa shape index (κ1) is 17.9. The molecule has 0 amide bonds. The lowest BCUT2D eigenvalue weighted by Gasteiger charge is -2.45. The highest BCUT2D eigenvalue weighted by Gasteiger charge is 2.43.